The molecule has 1 atom stereocenters. The van der Waals surface area contributed by atoms with Crippen LogP contribution in [0.2, 0.25) is 0 Å². The summed E-state index contributed by atoms with van der Waals surface area (Å²) in [6.07, 6.45) is 3.23. The molecule has 1 aromatic rings. The van der Waals surface area contributed by atoms with Crippen LogP contribution >= 0.6 is 0 Å². The molecule has 30 heavy (non-hydrogen) atoms. The molecule has 1 aliphatic rings. The van der Waals surface area contributed by atoms with Gasteiger partial charge in [-0.05, 0) is 58.4 Å². The van der Waals surface area contributed by atoms with Gasteiger partial charge in [0, 0.05) is 51.1 Å². The van der Waals surface area contributed by atoms with E-state index in [1.165, 1.54) is 5.56 Å². The van der Waals surface area contributed by atoms with E-state index in [1.54, 1.807) is 0 Å². The van der Waals surface area contributed by atoms with Gasteiger partial charge in [0.25, 0.3) is 0 Å². The van der Waals surface area contributed by atoms with Crippen LogP contribution in [0.25, 0.3) is 0 Å². The van der Waals surface area contributed by atoms with Crippen molar-refractivity contribution in [2.45, 2.75) is 58.5 Å². The Morgan fingerprint density at radius 1 is 1.20 bits per heavy atom. The highest BCUT2D eigenvalue weighted by Crippen LogP contribution is 2.16. The fourth-order valence-corrected chi connectivity index (χ4v) is 3.62. The summed E-state index contributed by atoms with van der Waals surface area (Å²) in [4.78, 5) is 4.80. The fraction of sp³-hybridized carbons (Fsp3) is 0.708. The van der Waals surface area contributed by atoms with E-state index >= 15 is 0 Å². The van der Waals surface area contributed by atoms with E-state index in [9.17, 15) is 0 Å². The van der Waals surface area contributed by atoms with Crippen LogP contribution in [-0.2, 0) is 9.47 Å². The average Bonchev–Trinajstić information content (AvgIpc) is 2.75. The van der Waals surface area contributed by atoms with E-state index in [0.717, 1.165) is 64.7 Å². The first kappa shape index (κ1) is 24.6. The Balaban J connectivity index is 1.69. The smallest absolute Gasteiger partial charge is 0.191 e. The molecule has 0 aliphatic carbocycles. The van der Waals surface area contributed by atoms with Crippen LogP contribution in [-0.4, -0.2) is 57.6 Å². The van der Waals surface area contributed by atoms with Crippen molar-refractivity contribution in [2.24, 2.45) is 10.9 Å². The lowest BCUT2D eigenvalue weighted by molar-refractivity contribution is 0.0203. The molecule has 2 rings (SSSR count). The molecule has 0 bridgehead atoms. The molecule has 0 radical (unpaired) electrons. The molecule has 1 saturated heterocycles. The van der Waals surface area contributed by atoms with Crippen molar-refractivity contribution < 1.29 is 9.47 Å². The van der Waals surface area contributed by atoms with Gasteiger partial charge in [-0.1, -0.05) is 30.3 Å². The van der Waals surface area contributed by atoms with E-state index in [4.69, 9.17) is 14.5 Å². The number of benzene rings is 1. The summed E-state index contributed by atoms with van der Waals surface area (Å²) >= 11 is 0. The van der Waals surface area contributed by atoms with E-state index < -0.39 is 0 Å². The maximum atomic E-state index is 5.85. The SMILES string of the molecule is CCNC(=NCC(C)(C)NC(C)c1ccccc1)NCCCOCC1CCOCC1. The Morgan fingerprint density at radius 3 is 2.63 bits per heavy atom. The van der Waals surface area contributed by atoms with Crippen LogP contribution in [0.5, 0.6) is 0 Å². The number of hydrogen-bond acceptors (Lipinski definition) is 4. The van der Waals surface area contributed by atoms with Gasteiger partial charge < -0.3 is 25.4 Å². The summed E-state index contributed by atoms with van der Waals surface area (Å²) in [7, 11) is 0. The minimum atomic E-state index is -0.107. The lowest BCUT2D eigenvalue weighted by atomic mass is 10.0. The number of aliphatic imine (C=N–C) groups is 1. The lowest BCUT2D eigenvalue weighted by Gasteiger charge is -2.29. The summed E-state index contributed by atoms with van der Waals surface area (Å²) in [6, 6.07) is 10.8. The number of nitrogens with one attached hydrogen (secondary N) is 3. The molecule has 1 aliphatic heterocycles. The lowest BCUT2D eigenvalue weighted by Crippen LogP contribution is -2.45. The summed E-state index contributed by atoms with van der Waals surface area (Å²) in [5.74, 6) is 1.53. The molecule has 1 unspecified atom stereocenters. The highest BCUT2D eigenvalue weighted by Gasteiger charge is 2.20. The van der Waals surface area contributed by atoms with Crippen molar-refractivity contribution in [3.63, 3.8) is 0 Å². The van der Waals surface area contributed by atoms with E-state index in [2.05, 4.69) is 74.0 Å². The van der Waals surface area contributed by atoms with Gasteiger partial charge in [0.1, 0.15) is 0 Å². The Hall–Kier alpha value is -1.63. The number of rotatable bonds is 12. The monoisotopic (exact) mass is 418 g/mol. The number of nitrogens with zero attached hydrogens (tertiary/aromatic N) is 1. The maximum Gasteiger partial charge on any atom is 0.191 e. The molecule has 1 fully saturated rings. The first-order valence-electron chi connectivity index (χ1n) is 11.5. The largest absolute Gasteiger partial charge is 0.381 e. The topological polar surface area (TPSA) is 66.9 Å². The van der Waals surface area contributed by atoms with Crippen LogP contribution in [0, 0.1) is 5.92 Å². The number of hydrogen-bond donors (Lipinski definition) is 3. The minimum absolute atomic E-state index is 0.107. The molecular formula is C24H42N4O2. The van der Waals surface area contributed by atoms with Crippen LogP contribution in [0.3, 0.4) is 0 Å². The normalized spacial score (nSPS) is 17.0. The Kier molecular flexibility index (Phi) is 11.2. The van der Waals surface area contributed by atoms with Crippen molar-refractivity contribution in [3.8, 4) is 0 Å². The zero-order valence-corrected chi connectivity index (χ0v) is 19.4. The minimum Gasteiger partial charge on any atom is -0.381 e. The summed E-state index contributed by atoms with van der Waals surface area (Å²) in [5.41, 5.74) is 1.19. The third-order valence-corrected chi connectivity index (χ3v) is 5.34. The molecule has 0 spiro atoms. The van der Waals surface area contributed by atoms with Crippen LogP contribution in [0.15, 0.2) is 35.3 Å². The maximum absolute atomic E-state index is 5.85. The van der Waals surface area contributed by atoms with E-state index in [-0.39, 0.29) is 11.6 Å². The first-order valence-corrected chi connectivity index (χ1v) is 11.5. The summed E-state index contributed by atoms with van der Waals surface area (Å²) in [6.45, 7) is 14.5. The Morgan fingerprint density at radius 2 is 1.93 bits per heavy atom. The van der Waals surface area contributed by atoms with Crippen LogP contribution < -0.4 is 16.0 Å². The highest BCUT2D eigenvalue weighted by molar-refractivity contribution is 5.79. The van der Waals surface area contributed by atoms with Gasteiger partial charge in [0.2, 0.25) is 0 Å². The molecular weight excluding hydrogens is 376 g/mol. The molecule has 1 heterocycles. The van der Waals surface area contributed by atoms with Crippen molar-refractivity contribution >= 4 is 5.96 Å². The van der Waals surface area contributed by atoms with Crippen molar-refractivity contribution in [1.29, 1.82) is 0 Å². The third kappa shape index (κ3) is 9.92. The highest BCUT2D eigenvalue weighted by atomic mass is 16.5. The second kappa shape index (κ2) is 13.6. The van der Waals surface area contributed by atoms with Crippen LogP contribution in [0.1, 0.15) is 58.6 Å². The second-order valence-corrected chi connectivity index (χ2v) is 8.77. The van der Waals surface area contributed by atoms with Gasteiger partial charge in [0.05, 0.1) is 6.54 Å². The van der Waals surface area contributed by atoms with Gasteiger partial charge >= 0.3 is 0 Å². The van der Waals surface area contributed by atoms with Gasteiger partial charge in [-0.3, -0.25) is 4.99 Å². The zero-order chi connectivity index (χ0) is 21.7. The average molecular weight is 419 g/mol. The predicted molar refractivity (Wildman–Crippen MR) is 125 cm³/mol. The molecule has 3 N–H and O–H groups in total. The Labute approximate surface area is 183 Å². The molecule has 0 amide bonds. The molecule has 1 aromatic carbocycles. The van der Waals surface area contributed by atoms with Gasteiger partial charge in [-0.25, -0.2) is 0 Å². The van der Waals surface area contributed by atoms with Gasteiger partial charge in [-0.2, -0.15) is 0 Å². The second-order valence-electron chi connectivity index (χ2n) is 8.77. The zero-order valence-electron chi connectivity index (χ0n) is 19.4. The van der Waals surface area contributed by atoms with Gasteiger partial charge in [-0.15, -0.1) is 0 Å². The van der Waals surface area contributed by atoms with Crippen molar-refractivity contribution in [1.82, 2.24) is 16.0 Å². The Bertz CT molecular complexity index is 600. The predicted octanol–water partition coefficient (Wildman–Crippen LogP) is 3.50. The first-order chi connectivity index (χ1) is 14.5. The van der Waals surface area contributed by atoms with E-state index in [1.807, 2.05) is 0 Å². The molecule has 170 valence electrons. The van der Waals surface area contributed by atoms with Gasteiger partial charge in [0.15, 0.2) is 5.96 Å². The molecule has 0 saturated carbocycles. The quantitative estimate of drug-likeness (QED) is 0.275. The summed E-state index contributed by atoms with van der Waals surface area (Å²) < 4.78 is 11.2. The van der Waals surface area contributed by atoms with Crippen LogP contribution in [0.4, 0.5) is 0 Å². The van der Waals surface area contributed by atoms with Crippen molar-refractivity contribution in [2.75, 3.05) is 46.1 Å². The fourth-order valence-electron chi connectivity index (χ4n) is 3.62. The molecule has 0 aromatic heterocycles. The van der Waals surface area contributed by atoms with E-state index in [0.29, 0.717) is 12.5 Å². The summed E-state index contributed by atoms with van der Waals surface area (Å²) in [5, 5.41) is 10.5. The van der Waals surface area contributed by atoms with Crippen molar-refractivity contribution in [3.05, 3.63) is 35.9 Å². The molecule has 6 heteroatoms. The number of ether oxygens (including phenoxy) is 2. The number of guanidine groups is 1. The third-order valence-electron chi connectivity index (χ3n) is 5.34. The molecule has 6 nitrogen and oxygen atoms in total. The standard InChI is InChI=1S/C24H42N4O2/c1-5-25-23(26-14-9-15-30-18-21-12-16-29-17-13-21)27-19-24(3,4)28-20(2)22-10-7-6-8-11-22/h6-8,10-11,20-21,28H,5,9,12-19H2,1-4H3,(H2,25,26,27).